The summed E-state index contributed by atoms with van der Waals surface area (Å²) in [5.74, 6) is -1.18. The minimum Gasteiger partial charge on any atom is -0.455 e. The van der Waals surface area contributed by atoms with Gasteiger partial charge in [-0.15, -0.1) is 0 Å². The third-order valence-corrected chi connectivity index (χ3v) is 3.63. The van der Waals surface area contributed by atoms with Gasteiger partial charge in [-0.25, -0.2) is 0 Å². The van der Waals surface area contributed by atoms with E-state index in [1.165, 1.54) is 13.8 Å². The number of aliphatic hydroxyl groups excluding tert-OH is 1. The average Bonchev–Trinajstić information content (AvgIpc) is 2.51. The number of ether oxygens (including phenoxy) is 4. The minimum atomic E-state index is -1.40. The van der Waals surface area contributed by atoms with E-state index in [4.69, 9.17) is 18.9 Å². The summed E-state index contributed by atoms with van der Waals surface area (Å²) in [5.41, 5.74) is 0.932. The van der Waals surface area contributed by atoms with Crippen LogP contribution >= 0.6 is 0 Å². The van der Waals surface area contributed by atoms with Gasteiger partial charge in [0.1, 0.15) is 6.10 Å². The topological polar surface area (TPSA) is 91.3 Å². The van der Waals surface area contributed by atoms with Crippen molar-refractivity contribution >= 4 is 11.9 Å². The number of hydrogen-bond donors (Lipinski definition) is 1. The van der Waals surface area contributed by atoms with Gasteiger partial charge < -0.3 is 24.1 Å². The highest BCUT2D eigenvalue weighted by Crippen LogP contribution is 2.28. The molecule has 0 spiro atoms. The molecule has 0 saturated carbocycles. The predicted octanol–water partition coefficient (Wildman–Crippen LogP) is 1.17. The van der Waals surface area contributed by atoms with Crippen molar-refractivity contribution in [1.82, 2.24) is 0 Å². The molecule has 132 valence electrons. The van der Waals surface area contributed by atoms with Gasteiger partial charge in [0.2, 0.25) is 0 Å². The molecule has 0 bridgehead atoms. The second-order valence-electron chi connectivity index (χ2n) is 5.64. The molecule has 24 heavy (non-hydrogen) atoms. The zero-order valence-electron chi connectivity index (χ0n) is 13.9. The largest absolute Gasteiger partial charge is 0.455 e. The van der Waals surface area contributed by atoms with Gasteiger partial charge in [0.15, 0.2) is 18.5 Å². The smallest absolute Gasteiger partial charge is 0.303 e. The molecule has 0 unspecified atom stereocenters. The molecule has 0 aromatic heterocycles. The second-order valence-corrected chi connectivity index (χ2v) is 5.64. The van der Waals surface area contributed by atoms with Crippen molar-refractivity contribution in [2.24, 2.45) is 0 Å². The first-order valence-electron chi connectivity index (χ1n) is 7.72. The van der Waals surface area contributed by atoms with Crippen LogP contribution in [0, 0.1) is 0 Å². The summed E-state index contributed by atoms with van der Waals surface area (Å²) in [6, 6.07) is 9.45. The second kappa shape index (κ2) is 8.23. The number of benzene rings is 1. The van der Waals surface area contributed by atoms with E-state index in [0.717, 1.165) is 5.56 Å². The van der Waals surface area contributed by atoms with Crippen molar-refractivity contribution in [2.45, 2.75) is 58.1 Å². The minimum absolute atomic E-state index is 0.264. The van der Waals surface area contributed by atoms with Crippen LogP contribution in [-0.2, 0) is 35.1 Å². The fraction of sp³-hybridized carbons (Fsp3) is 0.529. The Balaban J connectivity index is 2.16. The van der Waals surface area contributed by atoms with E-state index in [0.29, 0.717) is 0 Å². The SMILES string of the molecule is CC(=O)O[C@@H]1[C@@H](OCc2ccccc2)[C@H](C)O[C@H](O)[C@@H]1OC(C)=O. The Labute approximate surface area is 140 Å². The van der Waals surface area contributed by atoms with Gasteiger partial charge in [-0.3, -0.25) is 9.59 Å². The molecule has 7 nitrogen and oxygen atoms in total. The van der Waals surface area contributed by atoms with E-state index in [9.17, 15) is 14.7 Å². The molecule has 0 aliphatic carbocycles. The van der Waals surface area contributed by atoms with Crippen molar-refractivity contribution in [1.29, 1.82) is 0 Å². The third-order valence-electron chi connectivity index (χ3n) is 3.63. The molecule has 7 heteroatoms. The lowest BCUT2D eigenvalue weighted by molar-refractivity contribution is -0.293. The van der Waals surface area contributed by atoms with Crippen LogP contribution in [0.4, 0.5) is 0 Å². The fourth-order valence-electron chi connectivity index (χ4n) is 2.63. The Bertz CT molecular complexity index is 559. The van der Waals surface area contributed by atoms with Crippen LogP contribution in [0.15, 0.2) is 30.3 Å². The van der Waals surface area contributed by atoms with Crippen LogP contribution in [0.5, 0.6) is 0 Å². The molecule has 1 aliphatic heterocycles. The summed E-state index contributed by atoms with van der Waals surface area (Å²) in [5, 5.41) is 10.0. The number of carbonyl (C=O) groups excluding carboxylic acids is 2. The molecule has 1 saturated heterocycles. The van der Waals surface area contributed by atoms with Crippen molar-refractivity contribution in [2.75, 3.05) is 0 Å². The quantitative estimate of drug-likeness (QED) is 0.806. The number of rotatable bonds is 5. The predicted molar refractivity (Wildman–Crippen MR) is 82.7 cm³/mol. The van der Waals surface area contributed by atoms with E-state index in [1.54, 1.807) is 6.92 Å². The Morgan fingerprint density at radius 1 is 1.04 bits per heavy atom. The van der Waals surface area contributed by atoms with E-state index < -0.39 is 42.6 Å². The van der Waals surface area contributed by atoms with Crippen LogP contribution < -0.4 is 0 Å². The molecular formula is C17H22O7. The molecule has 0 radical (unpaired) electrons. The Kier molecular flexibility index (Phi) is 6.30. The molecule has 1 aliphatic rings. The van der Waals surface area contributed by atoms with E-state index in [2.05, 4.69) is 0 Å². The highest BCUT2D eigenvalue weighted by molar-refractivity contribution is 5.67. The lowest BCUT2D eigenvalue weighted by Crippen LogP contribution is -2.60. The Morgan fingerprint density at radius 2 is 1.62 bits per heavy atom. The molecular weight excluding hydrogens is 316 g/mol. The lowest BCUT2D eigenvalue weighted by Gasteiger charge is -2.42. The van der Waals surface area contributed by atoms with Crippen LogP contribution in [-0.4, -0.2) is 47.8 Å². The summed E-state index contributed by atoms with van der Waals surface area (Å²) >= 11 is 0. The first-order chi connectivity index (χ1) is 11.4. The van der Waals surface area contributed by atoms with Gasteiger partial charge in [-0.05, 0) is 12.5 Å². The summed E-state index contributed by atoms with van der Waals surface area (Å²) in [7, 11) is 0. The standard InChI is InChI=1S/C17H22O7/c1-10-14(21-9-13-7-5-4-6-8-13)15(23-11(2)18)16(17(20)22-10)24-12(3)19/h4-8,10,14-17,20H,9H2,1-3H3/t10-,14-,15+,16+,17-/m0/s1. The molecule has 1 N–H and O–H groups in total. The zero-order chi connectivity index (χ0) is 17.7. The summed E-state index contributed by atoms with van der Waals surface area (Å²) in [6.07, 6.45) is -4.76. The van der Waals surface area contributed by atoms with Gasteiger partial charge in [0.05, 0.1) is 12.7 Å². The normalized spacial score (nSPS) is 29.8. The maximum Gasteiger partial charge on any atom is 0.303 e. The van der Waals surface area contributed by atoms with Crippen LogP contribution in [0.1, 0.15) is 26.3 Å². The van der Waals surface area contributed by atoms with Crippen LogP contribution in [0.25, 0.3) is 0 Å². The highest BCUT2D eigenvalue weighted by Gasteiger charge is 2.48. The van der Waals surface area contributed by atoms with Crippen LogP contribution in [0.2, 0.25) is 0 Å². The molecule has 1 fully saturated rings. The van der Waals surface area contributed by atoms with Gasteiger partial charge in [-0.2, -0.15) is 0 Å². The lowest BCUT2D eigenvalue weighted by atomic mass is 9.99. The summed E-state index contributed by atoms with van der Waals surface area (Å²) in [4.78, 5) is 22.7. The molecule has 2 rings (SSSR count). The van der Waals surface area contributed by atoms with Gasteiger partial charge >= 0.3 is 11.9 Å². The Morgan fingerprint density at radius 3 is 2.21 bits per heavy atom. The van der Waals surface area contributed by atoms with E-state index in [-0.39, 0.29) is 6.61 Å². The summed E-state index contributed by atoms with van der Waals surface area (Å²) < 4.78 is 21.6. The van der Waals surface area contributed by atoms with Gasteiger partial charge in [-0.1, -0.05) is 30.3 Å². The highest BCUT2D eigenvalue weighted by atomic mass is 16.7. The monoisotopic (exact) mass is 338 g/mol. The molecule has 0 amide bonds. The summed E-state index contributed by atoms with van der Waals surface area (Å²) in [6.45, 7) is 4.40. The van der Waals surface area contributed by atoms with Crippen molar-refractivity contribution in [3.05, 3.63) is 35.9 Å². The van der Waals surface area contributed by atoms with Crippen LogP contribution in [0.3, 0.4) is 0 Å². The number of hydrogen-bond acceptors (Lipinski definition) is 7. The number of esters is 2. The number of aliphatic hydroxyl groups is 1. The van der Waals surface area contributed by atoms with E-state index >= 15 is 0 Å². The first kappa shape index (κ1) is 18.4. The van der Waals surface area contributed by atoms with Crippen molar-refractivity contribution in [3.63, 3.8) is 0 Å². The average molecular weight is 338 g/mol. The van der Waals surface area contributed by atoms with Crippen molar-refractivity contribution in [3.8, 4) is 0 Å². The third kappa shape index (κ3) is 4.77. The molecule has 5 atom stereocenters. The molecule has 1 aromatic carbocycles. The Hall–Kier alpha value is -1.96. The van der Waals surface area contributed by atoms with E-state index in [1.807, 2.05) is 30.3 Å². The fourth-order valence-corrected chi connectivity index (χ4v) is 2.63. The van der Waals surface area contributed by atoms with Crippen molar-refractivity contribution < 1.29 is 33.6 Å². The maximum absolute atomic E-state index is 11.4. The van der Waals surface area contributed by atoms with Gasteiger partial charge in [0.25, 0.3) is 0 Å². The zero-order valence-corrected chi connectivity index (χ0v) is 13.9. The maximum atomic E-state index is 11.4. The van der Waals surface area contributed by atoms with Gasteiger partial charge in [0, 0.05) is 13.8 Å². The first-order valence-corrected chi connectivity index (χ1v) is 7.72. The number of carbonyl (C=O) groups is 2. The molecule has 1 heterocycles. The molecule has 1 aromatic rings.